The van der Waals surface area contributed by atoms with E-state index >= 15 is 0 Å². The van der Waals surface area contributed by atoms with Crippen molar-refractivity contribution in [1.29, 1.82) is 0 Å². The first-order chi connectivity index (χ1) is 15.3. The molecule has 6 heteroatoms. The highest BCUT2D eigenvalue weighted by Gasteiger charge is 2.42. The van der Waals surface area contributed by atoms with Crippen molar-refractivity contribution in [3.05, 3.63) is 70.4 Å². The van der Waals surface area contributed by atoms with E-state index < -0.39 is 0 Å². The summed E-state index contributed by atoms with van der Waals surface area (Å²) >= 11 is 0. The molecule has 164 valence electrons. The standard InChI is InChI=1S/C26H28N4O2/c1-15-9-10-18(11-16(15)2)24-28-25-27-20-13-26(3,4)14-21(31)22(20)23(30(25)29-24)17-7-6-8-19(12-17)32-5/h6-12,23H,13-14H2,1-5H3,(H,27,28,29). The average Bonchev–Trinajstić information content (AvgIpc) is 3.17. The van der Waals surface area contributed by atoms with E-state index in [1.165, 1.54) is 11.1 Å². The van der Waals surface area contributed by atoms with Gasteiger partial charge in [-0.25, -0.2) is 4.68 Å². The summed E-state index contributed by atoms with van der Waals surface area (Å²) in [6, 6.07) is 13.8. The van der Waals surface area contributed by atoms with Gasteiger partial charge in [0.25, 0.3) is 0 Å². The molecular weight excluding hydrogens is 400 g/mol. The van der Waals surface area contributed by atoms with E-state index in [9.17, 15) is 4.79 Å². The monoisotopic (exact) mass is 428 g/mol. The Morgan fingerprint density at radius 1 is 1.09 bits per heavy atom. The summed E-state index contributed by atoms with van der Waals surface area (Å²) in [5, 5.41) is 8.33. The molecular formula is C26H28N4O2. The van der Waals surface area contributed by atoms with Gasteiger partial charge in [-0.2, -0.15) is 4.98 Å². The van der Waals surface area contributed by atoms with E-state index in [2.05, 4.69) is 45.1 Å². The van der Waals surface area contributed by atoms with Crippen LogP contribution in [-0.2, 0) is 4.79 Å². The maximum absolute atomic E-state index is 13.4. The molecule has 32 heavy (non-hydrogen) atoms. The number of methoxy groups -OCH3 is 1. The summed E-state index contributed by atoms with van der Waals surface area (Å²) in [5.74, 6) is 2.22. The Morgan fingerprint density at radius 3 is 2.66 bits per heavy atom. The molecule has 1 atom stereocenters. The molecule has 2 aliphatic rings. The van der Waals surface area contributed by atoms with Crippen LogP contribution >= 0.6 is 0 Å². The molecule has 1 aliphatic heterocycles. The number of ketones is 1. The minimum atomic E-state index is -0.340. The summed E-state index contributed by atoms with van der Waals surface area (Å²) in [6.45, 7) is 8.46. The number of nitrogens with one attached hydrogen (secondary N) is 1. The van der Waals surface area contributed by atoms with Crippen LogP contribution in [0.5, 0.6) is 5.75 Å². The predicted molar refractivity (Wildman–Crippen MR) is 125 cm³/mol. The van der Waals surface area contributed by atoms with Gasteiger partial charge in [-0.3, -0.25) is 4.79 Å². The van der Waals surface area contributed by atoms with Crippen molar-refractivity contribution >= 4 is 11.7 Å². The molecule has 2 aromatic carbocycles. The number of anilines is 1. The van der Waals surface area contributed by atoms with Gasteiger partial charge in [0, 0.05) is 23.3 Å². The zero-order chi connectivity index (χ0) is 22.6. The molecule has 0 saturated heterocycles. The van der Waals surface area contributed by atoms with E-state index in [0.29, 0.717) is 18.2 Å². The smallest absolute Gasteiger partial charge is 0.226 e. The van der Waals surface area contributed by atoms with E-state index in [1.54, 1.807) is 7.11 Å². The summed E-state index contributed by atoms with van der Waals surface area (Å²) in [6.07, 6.45) is 1.31. The number of Topliss-reactive ketones (excluding diaryl/α,β-unsaturated/α-hetero) is 1. The van der Waals surface area contributed by atoms with Crippen LogP contribution in [0.25, 0.3) is 11.4 Å². The van der Waals surface area contributed by atoms with Crippen LogP contribution < -0.4 is 10.1 Å². The lowest BCUT2D eigenvalue weighted by Crippen LogP contribution is -2.36. The Balaban J connectivity index is 1.68. The topological polar surface area (TPSA) is 69.0 Å². The van der Waals surface area contributed by atoms with Gasteiger partial charge in [-0.1, -0.05) is 38.1 Å². The first kappa shape index (κ1) is 20.5. The minimum absolute atomic E-state index is 0.0963. The van der Waals surface area contributed by atoms with Crippen molar-refractivity contribution < 1.29 is 9.53 Å². The fourth-order valence-electron chi connectivity index (χ4n) is 4.73. The molecule has 5 rings (SSSR count). The Morgan fingerprint density at radius 2 is 1.91 bits per heavy atom. The molecule has 2 heterocycles. The maximum Gasteiger partial charge on any atom is 0.226 e. The van der Waals surface area contributed by atoms with Gasteiger partial charge in [0.1, 0.15) is 11.8 Å². The van der Waals surface area contributed by atoms with Gasteiger partial charge < -0.3 is 10.1 Å². The number of fused-ring (bicyclic) bond motifs is 1. The first-order valence-corrected chi connectivity index (χ1v) is 11.0. The number of ether oxygens (including phenoxy) is 1. The van der Waals surface area contributed by atoms with E-state index in [0.717, 1.165) is 34.6 Å². The number of hydrogen-bond acceptors (Lipinski definition) is 5. The third-order valence-corrected chi connectivity index (χ3v) is 6.51. The van der Waals surface area contributed by atoms with Crippen LogP contribution in [0.3, 0.4) is 0 Å². The zero-order valence-corrected chi connectivity index (χ0v) is 19.2. The molecule has 0 amide bonds. The molecule has 1 aliphatic carbocycles. The SMILES string of the molecule is COc1cccc(C2C3=C(CC(C)(C)CC3=O)Nc3nc(-c4ccc(C)c(C)c4)nn32)c1. The fraction of sp³-hybridized carbons (Fsp3) is 0.346. The van der Waals surface area contributed by atoms with Crippen LogP contribution in [0.2, 0.25) is 0 Å². The number of nitrogens with zero attached hydrogens (tertiary/aromatic N) is 3. The highest BCUT2D eigenvalue weighted by atomic mass is 16.5. The van der Waals surface area contributed by atoms with Gasteiger partial charge in [0.05, 0.1) is 7.11 Å². The van der Waals surface area contributed by atoms with Gasteiger partial charge in [0.2, 0.25) is 5.95 Å². The van der Waals surface area contributed by atoms with Crippen LogP contribution in [-0.4, -0.2) is 27.7 Å². The van der Waals surface area contributed by atoms with Crippen molar-refractivity contribution in [3.8, 4) is 17.1 Å². The predicted octanol–water partition coefficient (Wildman–Crippen LogP) is 5.23. The van der Waals surface area contributed by atoms with Gasteiger partial charge in [-0.15, -0.1) is 5.10 Å². The molecule has 0 radical (unpaired) electrons. The van der Waals surface area contributed by atoms with Gasteiger partial charge >= 0.3 is 0 Å². The lowest BCUT2D eigenvalue weighted by molar-refractivity contribution is -0.118. The second-order valence-electron chi connectivity index (χ2n) is 9.64. The lowest BCUT2D eigenvalue weighted by atomic mass is 9.73. The number of carbonyl (C=O) groups is 1. The molecule has 0 fully saturated rings. The quantitative estimate of drug-likeness (QED) is 0.619. The Hall–Kier alpha value is -3.41. The van der Waals surface area contributed by atoms with Crippen LogP contribution in [0.1, 0.15) is 49.4 Å². The second kappa shape index (κ2) is 7.33. The minimum Gasteiger partial charge on any atom is -0.497 e. The fourth-order valence-corrected chi connectivity index (χ4v) is 4.73. The molecule has 0 saturated carbocycles. The van der Waals surface area contributed by atoms with Crippen molar-refractivity contribution in [1.82, 2.24) is 14.8 Å². The largest absolute Gasteiger partial charge is 0.497 e. The summed E-state index contributed by atoms with van der Waals surface area (Å²) in [4.78, 5) is 18.2. The van der Waals surface area contributed by atoms with Crippen molar-refractivity contribution in [2.45, 2.75) is 46.6 Å². The number of aryl methyl sites for hydroxylation is 2. The van der Waals surface area contributed by atoms with Crippen LogP contribution in [0.4, 0.5) is 5.95 Å². The van der Waals surface area contributed by atoms with Crippen LogP contribution in [0, 0.1) is 19.3 Å². The van der Waals surface area contributed by atoms with E-state index in [-0.39, 0.29) is 17.2 Å². The average molecular weight is 429 g/mol. The summed E-state index contributed by atoms with van der Waals surface area (Å²) in [5.41, 5.74) is 5.99. The zero-order valence-electron chi connectivity index (χ0n) is 19.2. The molecule has 3 aromatic rings. The molecule has 6 nitrogen and oxygen atoms in total. The number of allylic oxidation sites excluding steroid dienone is 2. The molecule has 0 bridgehead atoms. The number of benzene rings is 2. The summed E-state index contributed by atoms with van der Waals surface area (Å²) in [7, 11) is 1.65. The van der Waals surface area contributed by atoms with Gasteiger partial charge in [0.15, 0.2) is 11.6 Å². The van der Waals surface area contributed by atoms with Gasteiger partial charge in [-0.05, 0) is 60.6 Å². The first-order valence-electron chi connectivity index (χ1n) is 11.0. The number of rotatable bonds is 3. The normalized spacial score (nSPS) is 19.3. The number of hydrogen-bond donors (Lipinski definition) is 1. The summed E-state index contributed by atoms with van der Waals surface area (Å²) < 4.78 is 7.32. The Bertz CT molecular complexity index is 1270. The molecule has 0 spiro atoms. The van der Waals surface area contributed by atoms with Crippen LogP contribution in [0.15, 0.2) is 53.7 Å². The lowest BCUT2D eigenvalue weighted by Gasteiger charge is -2.38. The number of carbonyl (C=O) groups excluding carboxylic acids is 1. The Kier molecular flexibility index (Phi) is 4.69. The van der Waals surface area contributed by atoms with E-state index in [4.69, 9.17) is 14.8 Å². The third-order valence-electron chi connectivity index (χ3n) is 6.51. The molecule has 1 unspecified atom stereocenters. The second-order valence-corrected chi connectivity index (χ2v) is 9.64. The number of aromatic nitrogens is 3. The van der Waals surface area contributed by atoms with Crippen molar-refractivity contribution in [3.63, 3.8) is 0 Å². The highest BCUT2D eigenvalue weighted by Crippen LogP contribution is 2.46. The molecule has 1 N–H and O–H groups in total. The van der Waals surface area contributed by atoms with E-state index in [1.807, 2.05) is 35.0 Å². The van der Waals surface area contributed by atoms with Crippen molar-refractivity contribution in [2.75, 3.05) is 12.4 Å². The third kappa shape index (κ3) is 3.40. The maximum atomic E-state index is 13.4. The Labute approximate surface area is 188 Å². The van der Waals surface area contributed by atoms with Crippen molar-refractivity contribution in [2.24, 2.45) is 5.41 Å². The molecule has 1 aromatic heterocycles. The highest BCUT2D eigenvalue weighted by molar-refractivity contribution is 6.00.